The molecule has 1 amide bonds. The van der Waals surface area contributed by atoms with Crippen molar-refractivity contribution in [2.24, 2.45) is 0 Å². The van der Waals surface area contributed by atoms with Crippen LogP contribution in [-0.2, 0) is 14.9 Å². The molecule has 1 aliphatic heterocycles. The van der Waals surface area contributed by atoms with Gasteiger partial charge in [0.25, 0.3) is 0 Å². The van der Waals surface area contributed by atoms with Gasteiger partial charge in [0, 0.05) is 19.1 Å². The number of amides is 1. The van der Waals surface area contributed by atoms with Gasteiger partial charge in [-0.1, -0.05) is 6.92 Å². The van der Waals surface area contributed by atoms with Crippen LogP contribution in [0.25, 0.3) is 0 Å². The van der Waals surface area contributed by atoms with Gasteiger partial charge in [0.15, 0.2) is 0 Å². The fourth-order valence-electron chi connectivity index (χ4n) is 2.05. The van der Waals surface area contributed by atoms with Crippen molar-refractivity contribution >= 4 is 16.3 Å². The number of carbonyl (C=O) groups is 1. The molecule has 2 N–H and O–H groups in total. The van der Waals surface area contributed by atoms with Gasteiger partial charge in [0.1, 0.15) is 0 Å². The van der Waals surface area contributed by atoms with Gasteiger partial charge in [-0.3, -0.25) is 0 Å². The maximum absolute atomic E-state index is 12.1. The third-order valence-corrected chi connectivity index (χ3v) is 4.32. The highest BCUT2D eigenvalue weighted by molar-refractivity contribution is 7.87. The summed E-state index contributed by atoms with van der Waals surface area (Å²) >= 11 is 0. The number of nitrogens with one attached hydrogen (secondary N) is 2. The Morgan fingerprint density at radius 1 is 1.47 bits per heavy atom. The van der Waals surface area contributed by atoms with E-state index in [2.05, 4.69) is 10.1 Å². The molecule has 0 radical (unpaired) electrons. The van der Waals surface area contributed by atoms with Crippen molar-refractivity contribution < 1.29 is 17.9 Å². The van der Waals surface area contributed by atoms with Crippen LogP contribution in [0.3, 0.4) is 0 Å². The van der Waals surface area contributed by atoms with Crippen molar-refractivity contribution in [1.29, 1.82) is 0 Å². The molecule has 0 aromatic rings. The topological polar surface area (TPSA) is 87.7 Å². The predicted molar refractivity (Wildman–Crippen MR) is 72.0 cm³/mol. The zero-order valence-corrected chi connectivity index (χ0v) is 12.3. The van der Waals surface area contributed by atoms with E-state index in [1.165, 1.54) is 4.31 Å². The summed E-state index contributed by atoms with van der Waals surface area (Å²) in [6, 6.07) is 0.158. The lowest BCUT2D eigenvalue weighted by Gasteiger charge is -2.24. The van der Waals surface area contributed by atoms with Gasteiger partial charge in [-0.2, -0.15) is 12.7 Å². The quantitative estimate of drug-likeness (QED) is 0.711. The molecule has 0 bridgehead atoms. The molecule has 1 fully saturated rings. The fraction of sp³-hybridized carbons (Fsp3) is 0.909. The Balaban J connectivity index is 2.63. The van der Waals surface area contributed by atoms with E-state index in [0.717, 1.165) is 19.4 Å². The maximum Gasteiger partial charge on any atom is 0.421 e. The van der Waals surface area contributed by atoms with Crippen molar-refractivity contribution in [3.8, 4) is 0 Å². The van der Waals surface area contributed by atoms with E-state index < -0.39 is 16.3 Å². The number of rotatable bonds is 7. The lowest BCUT2D eigenvalue weighted by atomic mass is 10.2. The van der Waals surface area contributed by atoms with Gasteiger partial charge < -0.3 is 10.1 Å². The molecule has 7 nitrogen and oxygen atoms in total. The van der Waals surface area contributed by atoms with E-state index in [-0.39, 0.29) is 12.6 Å². The summed E-state index contributed by atoms with van der Waals surface area (Å²) < 4.78 is 32.0. The van der Waals surface area contributed by atoms with E-state index in [0.29, 0.717) is 19.5 Å². The summed E-state index contributed by atoms with van der Waals surface area (Å²) in [6.07, 6.45) is 1.77. The van der Waals surface area contributed by atoms with E-state index in [4.69, 9.17) is 0 Å². The van der Waals surface area contributed by atoms with Gasteiger partial charge in [-0.15, -0.1) is 0 Å². The first kappa shape index (κ1) is 16.2. The summed E-state index contributed by atoms with van der Waals surface area (Å²) in [7, 11) is -3.82. The maximum atomic E-state index is 12.1. The highest BCUT2D eigenvalue weighted by atomic mass is 32.2. The molecule has 19 heavy (non-hydrogen) atoms. The lowest BCUT2D eigenvalue weighted by Crippen LogP contribution is -2.48. The summed E-state index contributed by atoms with van der Waals surface area (Å²) in [4.78, 5) is 11.2. The van der Waals surface area contributed by atoms with Crippen LogP contribution in [0.4, 0.5) is 4.79 Å². The first-order chi connectivity index (χ1) is 8.99. The standard InChI is InChI=1S/C11H23N3O4S/c1-3-8-14(9-10-6-5-7-12-10)19(16,17)13-11(15)18-4-2/h10,12H,3-9H2,1-2H3,(H,13,15). The first-order valence-electron chi connectivity index (χ1n) is 6.67. The largest absolute Gasteiger partial charge is 0.449 e. The summed E-state index contributed by atoms with van der Waals surface area (Å²) in [5, 5.41) is 3.25. The normalized spacial score (nSPS) is 19.6. The molecule has 0 saturated carbocycles. The molecule has 1 aliphatic rings. The van der Waals surface area contributed by atoms with Crippen molar-refractivity contribution in [2.75, 3.05) is 26.2 Å². The molecule has 112 valence electrons. The smallest absolute Gasteiger partial charge is 0.421 e. The lowest BCUT2D eigenvalue weighted by molar-refractivity contribution is 0.158. The minimum absolute atomic E-state index is 0.138. The number of ether oxygens (including phenoxy) is 1. The third-order valence-electron chi connectivity index (χ3n) is 2.89. The van der Waals surface area contributed by atoms with Crippen LogP contribution in [0.2, 0.25) is 0 Å². The molecule has 0 aromatic carbocycles. The fourth-order valence-corrected chi connectivity index (χ4v) is 3.25. The van der Waals surface area contributed by atoms with Crippen molar-refractivity contribution in [3.05, 3.63) is 0 Å². The predicted octanol–water partition coefficient (Wildman–Crippen LogP) is 0.441. The van der Waals surface area contributed by atoms with Crippen LogP contribution >= 0.6 is 0 Å². The Morgan fingerprint density at radius 3 is 2.74 bits per heavy atom. The highest BCUT2D eigenvalue weighted by Crippen LogP contribution is 2.10. The van der Waals surface area contributed by atoms with E-state index in [9.17, 15) is 13.2 Å². The zero-order valence-electron chi connectivity index (χ0n) is 11.5. The van der Waals surface area contributed by atoms with Crippen LogP contribution in [-0.4, -0.2) is 51.1 Å². The van der Waals surface area contributed by atoms with Gasteiger partial charge in [-0.05, 0) is 32.7 Å². The van der Waals surface area contributed by atoms with Crippen LogP contribution in [0.5, 0.6) is 0 Å². The number of nitrogens with zero attached hydrogens (tertiary/aromatic N) is 1. The van der Waals surface area contributed by atoms with Gasteiger partial charge in [0.05, 0.1) is 6.61 Å². The van der Waals surface area contributed by atoms with Crippen LogP contribution < -0.4 is 10.0 Å². The van der Waals surface area contributed by atoms with Gasteiger partial charge in [0.2, 0.25) is 0 Å². The summed E-state index contributed by atoms with van der Waals surface area (Å²) in [6.45, 7) is 5.33. The Hall–Kier alpha value is -0.860. The van der Waals surface area contributed by atoms with Crippen LogP contribution in [0.1, 0.15) is 33.1 Å². The number of hydrogen-bond donors (Lipinski definition) is 2. The average molecular weight is 293 g/mol. The second-order valence-electron chi connectivity index (χ2n) is 4.48. The van der Waals surface area contributed by atoms with E-state index in [1.807, 2.05) is 11.6 Å². The Labute approximate surface area is 114 Å². The van der Waals surface area contributed by atoms with Crippen molar-refractivity contribution in [3.63, 3.8) is 0 Å². The van der Waals surface area contributed by atoms with E-state index in [1.54, 1.807) is 6.92 Å². The molecular weight excluding hydrogens is 270 g/mol. The number of carbonyl (C=O) groups excluding carboxylic acids is 1. The van der Waals surface area contributed by atoms with Crippen molar-refractivity contribution in [1.82, 2.24) is 14.3 Å². The molecule has 1 saturated heterocycles. The average Bonchev–Trinajstić information content (AvgIpc) is 2.81. The monoisotopic (exact) mass is 293 g/mol. The molecule has 8 heteroatoms. The van der Waals surface area contributed by atoms with Gasteiger partial charge in [-0.25, -0.2) is 9.52 Å². The Morgan fingerprint density at radius 2 is 2.21 bits per heavy atom. The number of hydrogen-bond acceptors (Lipinski definition) is 5. The molecule has 0 aromatic heterocycles. The minimum atomic E-state index is -3.82. The minimum Gasteiger partial charge on any atom is -0.449 e. The molecule has 0 aliphatic carbocycles. The Bertz CT molecular complexity index is 379. The molecule has 1 heterocycles. The highest BCUT2D eigenvalue weighted by Gasteiger charge is 2.27. The van der Waals surface area contributed by atoms with Crippen LogP contribution in [0, 0.1) is 0 Å². The molecular formula is C11H23N3O4S. The van der Waals surface area contributed by atoms with Crippen molar-refractivity contribution in [2.45, 2.75) is 39.2 Å². The van der Waals surface area contributed by atoms with Gasteiger partial charge >= 0.3 is 16.3 Å². The molecule has 1 unspecified atom stereocenters. The summed E-state index contributed by atoms with van der Waals surface area (Å²) in [5.74, 6) is 0. The summed E-state index contributed by atoms with van der Waals surface area (Å²) in [5.41, 5.74) is 0. The van der Waals surface area contributed by atoms with Crippen LogP contribution in [0.15, 0.2) is 0 Å². The zero-order chi connectivity index (χ0) is 14.3. The SMILES string of the molecule is CCCN(CC1CCCN1)S(=O)(=O)NC(=O)OCC. The second-order valence-corrected chi connectivity index (χ2v) is 6.15. The molecule has 1 rings (SSSR count). The molecule has 0 spiro atoms. The van der Waals surface area contributed by atoms with E-state index >= 15 is 0 Å². The molecule has 1 atom stereocenters. The Kier molecular flexibility index (Phi) is 6.53. The second kappa shape index (κ2) is 7.66. The first-order valence-corrected chi connectivity index (χ1v) is 8.11. The third kappa shape index (κ3) is 5.33.